The van der Waals surface area contributed by atoms with Crippen molar-refractivity contribution in [3.05, 3.63) is 34.4 Å². The van der Waals surface area contributed by atoms with Crippen molar-refractivity contribution in [2.75, 3.05) is 7.11 Å². The number of methoxy groups -OCH3 is 1. The summed E-state index contributed by atoms with van der Waals surface area (Å²) in [5, 5.41) is 0. The number of benzene rings is 1. The van der Waals surface area contributed by atoms with Gasteiger partial charge in [0.25, 0.3) is 0 Å². The first-order valence-electron chi connectivity index (χ1n) is 6.32. The Hall–Kier alpha value is -1.20. The van der Waals surface area contributed by atoms with Crippen LogP contribution in [0.2, 0.25) is 0 Å². The van der Waals surface area contributed by atoms with Crippen molar-refractivity contribution < 1.29 is 18.3 Å². The van der Waals surface area contributed by atoms with E-state index in [2.05, 4.69) is 0 Å². The van der Waals surface area contributed by atoms with E-state index in [-0.39, 0.29) is 5.75 Å². The molecule has 19 heavy (non-hydrogen) atoms. The van der Waals surface area contributed by atoms with Crippen LogP contribution < -0.4 is 0 Å². The highest BCUT2D eigenvalue weighted by Crippen LogP contribution is 2.23. The molecule has 0 heterocycles. The average Bonchev–Trinajstić information content (AvgIpc) is 2.39. The maximum Gasteiger partial charge on any atom is 0.338 e. The minimum Gasteiger partial charge on any atom is -0.772 e. The number of hydrogen-bond donors (Lipinski definition) is 0. The van der Waals surface area contributed by atoms with Crippen LogP contribution in [-0.4, -0.2) is 21.8 Å². The zero-order valence-electron chi connectivity index (χ0n) is 11.5. The largest absolute Gasteiger partial charge is 0.772 e. The summed E-state index contributed by atoms with van der Waals surface area (Å²) in [4.78, 5) is 11.7. The number of aryl methyl sites for hydroxylation is 1. The molecule has 0 spiro atoms. The minimum absolute atomic E-state index is 0.0522. The van der Waals surface area contributed by atoms with E-state index in [0.29, 0.717) is 12.0 Å². The molecule has 0 saturated carbocycles. The standard InChI is InChI=1S/C14H20O4S/c1-4-6-10-7-8-12(14(15)18-3)11(5-2)13(10)9-19(16)17/h7-8H,4-6,9H2,1-3H3,(H,16,17)/p-1. The van der Waals surface area contributed by atoms with E-state index in [0.717, 1.165) is 29.5 Å². The number of esters is 1. The van der Waals surface area contributed by atoms with Gasteiger partial charge in [-0.05, 0) is 35.6 Å². The van der Waals surface area contributed by atoms with Gasteiger partial charge in [0.2, 0.25) is 0 Å². The molecular weight excluding hydrogens is 264 g/mol. The molecule has 0 aromatic heterocycles. The predicted molar refractivity (Wildman–Crippen MR) is 73.8 cm³/mol. The van der Waals surface area contributed by atoms with Gasteiger partial charge in [-0.3, -0.25) is 4.21 Å². The lowest BCUT2D eigenvalue weighted by molar-refractivity contribution is 0.0599. The smallest absolute Gasteiger partial charge is 0.338 e. The zero-order valence-corrected chi connectivity index (χ0v) is 12.3. The van der Waals surface area contributed by atoms with Crippen molar-refractivity contribution in [1.82, 2.24) is 0 Å². The van der Waals surface area contributed by atoms with Crippen molar-refractivity contribution in [3.8, 4) is 0 Å². The van der Waals surface area contributed by atoms with Crippen molar-refractivity contribution >= 4 is 17.0 Å². The van der Waals surface area contributed by atoms with Crippen LogP contribution in [0.5, 0.6) is 0 Å². The van der Waals surface area contributed by atoms with Gasteiger partial charge >= 0.3 is 5.97 Å². The maximum atomic E-state index is 11.7. The van der Waals surface area contributed by atoms with Crippen LogP contribution in [0.1, 0.15) is 47.3 Å². The molecule has 0 aliphatic heterocycles. The molecule has 1 aromatic rings. The molecule has 0 N–H and O–H groups in total. The molecule has 0 fully saturated rings. The van der Waals surface area contributed by atoms with E-state index < -0.39 is 17.0 Å². The van der Waals surface area contributed by atoms with Crippen LogP contribution in [0, 0.1) is 0 Å². The van der Waals surface area contributed by atoms with Gasteiger partial charge in [0, 0.05) is 5.75 Å². The van der Waals surface area contributed by atoms with Crippen LogP contribution in [-0.2, 0) is 34.4 Å². The molecule has 1 unspecified atom stereocenters. The Bertz CT molecular complexity index is 483. The molecule has 0 saturated heterocycles. The second-order valence-electron chi connectivity index (χ2n) is 4.27. The van der Waals surface area contributed by atoms with Crippen LogP contribution in [0.3, 0.4) is 0 Å². The highest BCUT2D eigenvalue weighted by atomic mass is 32.2. The molecule has 0 amide bonds. The topological polar surface area (TPSA) is 66.4 Å². The van der Waals surface area contributed by atoms with Crippen molar-refractivity contribution in [2.24, 2.45) is 0 Å². The van der Waals surface area contributed by atoms with E-state index in [4.69, 9.17) is 4.74 Å². The van der Waals surface area contributed by atoms with E-state index in [1.807, 2.05) is 19.9 Å². The Morgan fingerprint density at radius 2 is 2.00 bits per heavy atom. The summed E-state index contributed by atoms with van der Waals surface area (Å²) in [5.41, 5.74) is 2.99. The molecule has 106 valence electrons. The highest BCUT2D eigenvalue weighted by molar-refractivity contribution is 7.78. The summed E-state index contributed by atoms with van der Waals surface area (Å²) in [6, 6.07) is 3.56. The van der Waals surface area contributed by atoms with Gasteiger partial charge < -0.3 is 9.29 Å². The lowest BCUT2D eigenvalue weighted by Gasteiger charge is -2.18. The third kappa shape index (κ3) is 3.88. The Morgan fingerprint density at radius 3 is 2.47 bits per heavy atom. The van der Waals surface area contributed by atoms with Gasteiger partial charge in [-0.2, -0.15) is 0 Å². The van der Waals surface area contributed by atoms with Gasteiger partial charge in [-0.15, -0.1) is 0 Å². The van der Waals surface area contributed by atoms with E-state index >= 15 is 0 Å². The second kappa shape index (κ2) is 7.40. The fourth-order valence-electron chi connectivity index (χ4n) is 2.25. The number of carbonyl (C=O) groups excluding carboxylic acids is 1. The van der Waals surface area contributed by atoms with Crippen LogP contribution in [0.15, 0.2) is 12.1 Å². The first kappa shape index (κ1) is 15.9. The zero-order chi connectivity index (χ0) is 14.4. The number of hydrogen-bond acceptors (Lipinski definition) is 4. The maximum absolute atomic E-state index is 11.7. The Kier molecular flexibility index (Phi) is 6.18. The Labute approximate surface area is 116 Å². The summed E-state index contributed by atoms with van der Waals surface area (Å²) in [7, 11) is 1.33. The normalized spacial score (nSPS) is 12.2. The molecule has 0 aliphatic carbocycles. The number of ether oxygens (including phenoxy) is 1. The first-order chi connectivity index (χ1) is 9.04. The quantitative estimate of drug-likeness (QED) is 0.594. The van der Waals surface area contributed by atoms with Gasteiger partial charge in [0.1, 0.15) is 0 Å². The second-order valence-corrected chi connectivity index (χ2v) is 5.17. The summed E-state index contributed by atoms with van der Waals surface area (Å²) in [6.07, 6.45) is 2.34. The Morgan fingerprint density at radius 1 is 1.32 bits per heavy atom. The molecular formula is C14H19O4S-. The SMILES string of the molecule is CCCc1ccc(C(=O)OC)c(CC)c1CS(=O)[O-]. The van der Waals surface area contributed by atoms with Gasteiger partial charge in [0.15, 0.2) is 0 Å². The summed E-state index contributed by atoms with van der Waals surface area (Å²) in [5.74, 6) is -0.471. The van der Waals surface area contributed by atoms with Crippen LogP contribution >= 0.6 is 0 Å². The van der Waals surface area contributed by atoms with E-state index in [1.165, 1.54) is 7.11 Å². The molecule has 0 radical (unpaired) electrons. The third-order valence-corrected chi connectivity index (χ3v) is 3.59. The highest BCUT2D eigenvalue weighted by Gasteiger charge is 2.17. The average molecular weight is 283 g/mol. The van der Waals surface area contributed by atoms with E-state index in [9.17, 15) is 13.6 Å². The summed E-state index contributed by atoms with van der Waals surface area (Å²) in [6.45, 7) is 3.95. The minimum atomic E-state index is -2.17. The molecule has 0 aliphatic rings. The third-order valence-electron chi connectivity index (χ3n) is 3.07. The first-order valence-corrected chi connectivity index (χ1v) is 7.57. The number of rotatable bonds is 6. The molecule has 1 aromatic carbocycles. The van der Waals surface area contributed by atoms with Gasteiger partial charge in [0.05, 0.1) is 12.7 Å². The van der Waals surface area contributed by atoms with Gasteiger partial charge in [-0.1, -0.05) is 37.4 Å². The summed E-state index contributed by atoms with van der Waals surface area (Å²) < 4.78 is 26.8. The number of carbonyl (C=O) groups is 1. The lowest BCUT2D eigenvalue weighted by atomic mass is 9.93. The molecule has 1 rings (SSSR count). The summed E-state index contributed by atoms with van der Waals surface area (Å²) >= 11 is -2.17. The van der Waals surface area contributed by atoms with Crippen molar-refractivity contribution in [3.63, 3.8) is 0 Å². The lowest BCUT2D eigenvalue weighted by Crippen LogP contribution is -2.11. The van der Waals surface area contributed by atoms with E-state index in [1.54, 1.807) is 6.07 Å². The Balaban J connectivity index is 3.39. The molecule has 5 heteroatoms. The van der Waals surface area contributed by atoms with Gasteiger partial charge in [-0.25, -0.2) is 4.79 Å². The predicted octanol–water partition coefficient (Wildman–Crippen LogP) is 2.37. The van der Waals surface area contributed by atoms with Crippen molar-refractivity contribution in [1.29, 1.82) is 0 Å². The fourth-order valence-corrected chi connectivity index (χ4v) is 2.84. The molecule has 0 bridgehead atoms. The van der Waals surface area contributed by atoms with Crippen molar-refractivity contribution in [2.45, 2.75) is 38.9 Å². The van der Waals surface area contributed by atoms with Crippen LogP contribution in [0.4, 0.5) is 0 Å². The molecule has 1 atom stereocenters. The monoisotopic (exact) mass is 283 g/mol. The fraction of sp³-hybridized carbons (Fsp3) is 0.500. The van der Waals surface area contributed by atoms with Crippen LogP contribution in [0.25, 0.3) is 0 Å². The molecule has 4 nitrogen and oxygen atoms in total.